The van der Waals surface area contributed by atoms with Crippen LogP contribution in [0.3, 0.4) is 0 Å². The number of halogens is 1. The van der Waals surface area contributed by atoms with Crippen LogP contribution in [0, 0.1) is 0 Å². The Morgan fingerprint density at radius 3 is 2.75 bits per heavy atom. The van der Waals surface area contributed by atoms with Gasteiger partial charge in [-0.15, -0.1) is 0 Å². The van der Waals surface area contributed by atoms with Crippen molar-refractivity contribution in [3.8, 4) is 0 Å². The quantitative estimate of drug-likeness (QED) is 0.829. The minimum Gasteiger partial charge on any atom is -0.365 e. The lowest BCUT2D eigenvalue weighted by Crippen LogP contribution is -2.23. The van der Waals surface area contributed by atoms with Crippen LogP contribution >= 0.6 is 15.9 Å². The van der Waals surface area contributed by atoms with Crippen molar-refractivity contribution < 1.29 is 4.79 Å². The number of ketones is 1. The van der Waals surface area contributed by atoms with Crippen molar-refractivity contribution in [1.29, 1.82) is 0 Å². The van der Waals surface area contributed by atoms with Gasteiger partial charge in [-0.1, -0.05) is 30.3 Å². The van der Waals surface area contributed by atoms with Gasteiger partial charge < -0.3 is 4.90 Å². The number of nitrogens with zero attached hydrogens (tertiary/aromatic N) is 1. The third kappa shape index (κ3) is 2.83. The maximum absolute atomic E-state index is 11.6. The van der Waals surface area contributed by atoms with Gasteiger partial charge in [0.05, 0.1) is 11.0 Å². The van der Waals surface area contributed by atoms with Gasteiger partial charge in [0.25, 0.3) is 0 Å². The molecule has 1 aliphatic heterocycles. The van der Waals surface area contributed by atoms with Gasteiger partial charge in [-0.3, -0.25) is 4.79 Å². The molecule has 0 aromatic heterocycles. The average molecular weight is 278 g/mol. The molecule has 1 aliphatic rings. The summed E-state index contributed by atoms with van der Waals surface area (Å²) in [6.45, 7) is 1.18. The van der Waals surface area contributed by atoms with Crippen LogP contribution in [0.2, 0.25) is 0 Å². The Labute approximate surface area is 103 Å². The molecule has 0 N–H and O–H groups in total. The zero-order chi connectivity index (χ0) is 11.4. The lowest BCUT2D eigenvalue weighted by Gasteiger charge is -2.18. The van der Waals surface area contributed by atoms with Crippen molar-refractivity contribution in [2.24, 2.45) is 0 Å². The molecular formula is C13H12BrNO. The van der Waals surface area contributed by atoms with E-state index in [2.05, 4.69) is 28.1 Å². The molecule has 1 heterocycles. The molecule has 0 bridgehead atoms. The third-order valence-corrected chi connectivity index (χ3v) is 3.09. The van der Waals surface area contributed by atoms with E-state index in [9.17, 15) is 4.79 Å². The van der Waals surface area contributed by atoms with Crippen LogP contribution in [0.5, 0.6) is 0 Å². The molecule has 1 aromatic carbocycles. The Hall–Kier alpha value is -1.35. The molecule has 82 valence electrons. The van der Waals surface area contributed by atoms with Gasteiger partial charge in [0.1, 0.15) is 0 Å². The van der Waals surface area contributed by atoms with E-state index >= 15 is 0 Å². The van der Waals surface area contributed by atoms with Crippen LogP contribution in [0.25, 0.3) is 0 Å². The summed E-state index contributed by atoms with van der Waals surface area (Å²) in [4.78, 5) is 13.6. The van der Waals surface area contributed by atoms with Crippen molar-refractivity contribution in [2.75, 3.05) is 6.54 Å². The zero-order valence-electron chi connectivity index (χ0n) is 8.77. The van der Waals surface area contributed by atoms with Crippen LogP contribution in [-0.4, -0.2) is 17.2 Å². The van der Waals surface area contributed by atoms with Gasteiger partial charge in [0.2, 0.25) is 0 Å². The molecule has 0 fully saturated rings. The molecule has 2 rings (SSSR count). The fraction of sp³-hybridized carbons (Fsp3) is 0.154. The second-order valence-electron chi connectivity index (χ2n) is 3.67. The second-order valence-corrected chi connectivity index (χ2v) is 4.52. The number of Topliss-reactive ketones (excluding diaryl/α,β-unsaturated/α-hetero) is 1. The Kier molecular flexibility index (Phi) is 3.57. The Bertz CT molecular complexity index is 437. The predicted molar refractivity (Wildman–Crippen MR) is 68.0 cm³/mol. The minimum absolute atomic E-state index is 0.112. The first kappa shape index (κ1) is 11.1. The highest BCUT2D eigenvalue weighted by molar-refractivity contribution is 9.12. The molecule has 16 heavy (non-hydrogen) atoms. The first-order valence-corrected chi connectivity index (χ1v) is 5.90. The van der Waals surface area contributed by atoms with Crippen LogP contribution < -0.4 is 0 Å². The lowest BCUT2D eigenvalue weighted by molar-refractivity contribution is -0.115. The van der Waals surface area contributed by atoms with Crippen molar-refractivity contribution in [3.63, 3.8) is 0 Å². The molecule has 0 saturated carbocycles. The maximum Gasteiger partial charge on any atom is 0.188 e. The number of carbonyl (C=O) groups is 1. The summed E-state index contributed by atoms with van der Waals surface area (Å²) in [7, 11) is 0. The fourth-order valence-corrected chi connectivity index (χ4v) is 1.86. The van der Waals surface area contributed by atoms with E-state index in [-0.39, 0.29) is 5.78 Å². The fourth-order valence-electron chi connectivity index (χ4n) is 1.58. The summed E-state index contributed by atoms with van der Waals surface area (Å²) < 4.78 is 0.638. The summed E-state index contributed by atoms with van der Waals surface area (Å²) >= 11 is 3.25. The summed E-state index contributed by atoms with van der Waals surface area (Å²) in [6, 6.07) is 10.1. The molecule has 0 atom stereocenters. The number of hydrogen-bond acceptors (Lipinski definition) is 2. The summed E-state index contributed by atoms with van der Waals surface area (Å²) in [5, 5.41) is 0. The van der Waals surface area contributed by atoms with Crippen molar-refractivity contribution in [3.05, 3.63) is 58.7 Å². The van der Waals surface area contributed by atoms with Crippen LogP contribution in [0.4, 0.5) is 0 Å². The van der Waals surface area contributed by atoms with Gasteiger partial charge in [0, 0.05) is 6.54 Å². The van der Waals surface area contributed by atoms with E-state index in [0.717, 1.165) is 6.54 Å². The van der Waals surface area contributed by atoms with Crippen LogP contribution in [0.1, 0.15) is 5.56 Å². The van der Waals surface area contributed by atoms with E-state index < -0.39 is 0 Å². The molecule has 1 aromatic rings. The lowest BCUT2D eigenvalue weighted by atomic mass is 10.2. The van der Waals surface area contributed by atoms with E-state index in [0.29, 0.717) is 11.0 Å². The molecule has 0 saturated heterocycles. The molecule has 2 nitrogen and oxygen atoms in total. The normalized spacial score (nSPS) is 15.9. The van der Waals surface area contributed by atoms with Crippen molar-refractivity contribution >= 4 is 21.7 Å². The highest BCUT2D eigenvalue weighted by Crippen LogP contribution is 2.13. The topological polar surface area (TPSA) is 20.3 Å². The largest absolute Gasteiger partial charge is 0.365 e. The molecule has 3 heteroatoms. The van der Waals surface area contributed by atoms with E-state index in [4.69, 9.17) is 0 Å². The van der Waals surface area contributed by atoms with Gasteiger partial charge >= 0.3 is 0 Å². The second kappa shape index (κ2) is 5.12. The summed E-state index contributed by atoms with van der Waals surface area (Å²) in [5.41, 5.74) is 1.21. The van der Waals surface area contributed by atoms with Gasteiger partial charge in [0.15, 0.2) is 5.78 Å². The van der Waals surface area contributed by atoms with Crippen molar-refractivity contribution in [2.45, 2.75) is 6.54 Å². The highest BCUT2D eigenvalue weighted by atomic mass is 79.9. The zero-order valence-corrected chi connectivity index (χ0v) is 10.4. The molecule has 0 unspecified atom stereocenters. The smallest absolute Gasteiger partial charge is 0.188 e. The SMILES string of the molecule is O=C1CN(Cc2ccccc2)C=CC=C1Br. The number of hydrogen-bond donors (Lipinski definition) is 0. The number of benzene rings is 1. The average Bonchev–Trinajstić information content (AvgIpc) is 2.43. The Morgan fingerprint density at radius 2 is 2.00 bits per heavy atom. The first-order valence-electron chi connectivity index (χ1n) is 5.11. The summed E-state index contributed by atoms with van der Waals surface area (Å²) in [5.74, 6) is 0.112. The first-order chi connectivity index (χ1) is 7.75. The number of carbonyl (C=O) groups excluding carboxylic acids is 1. The number of allylic oxidation sites excluding steroid dienone is 2. The summed E-state index contributed by atoms with van der Waals surface area (Å²) in [6.07, 6.45) is 5.62. The van der Waals surface area contributed by atoms with Crippen molar-refractivity contribution in [1.82, 2.24) is 4.90 Å². The number of rotatable bonds is 2. The Morgan fingerprint density at radius 1 is 1.25 bits per heavy atom. The maximum atomic E-state index is 11.6. The molecule has 0 spiro atoms. The predicted octanol–water partition coefficient (Wildman–Crippen LogP) is 2.86. The molecule has 0 radical (unpaired) electrons. The van der Waals surface area contributed by atoms with E-state index in [1.165, 1.54) is 5.56 Å². The van der Waals surface area contributed by atoms with Gasteiger partial charge in [-0.2, -0.15) is 0 Å². The minimum atomic E-state index is 0.112. The molecule has 0 aliphatic carbocycles. The third-order valence-electron chi connectivity index (χ3n) is 2.38. The van der Waals surface area contributed by atoms with Gasteiger partial charge in [-0.25, -0.2) is 0 Å². The van der Waals surface area contributed by atoms with E-state index in [1.54, 1.807) is 6.08 Å². The highest BCUT2D eigenvalue weighted by Gasteiger charge is 2.12. The van der Waals surface area contributed by atoms with Crippen LogP contribution in [0.15, 0.2) is 53.2 Å². The van der Waals surface area contributed by atoms with Crippen LogP contribution in [-0.2, 0) is 11.3 Å². The molecule has 0 amide bonds. The van der Waals surface area contributed by atoms with Gasteiger partial charge in [-0.05, 0) is 39.8 Å². The molecular weight excluding hydrogens is 266 g/mol. The monoisotopic (exact) mass is 277 g/mol. The Balaban J connectivity index is 2.05. The van der Waals surface area contributed by atoms with E-state index in [1.807, 2.05) is 35.4 Å². The standard InChI is InChI=1S/C13H12BrNO/c14-12-7-4-8-15(10-13(12)16)9-11-5-2-1-3-6-11/h1-8H,9-10H2.